The normalized spacial score (nSPS) is 11.1. The molecule has 0 spiro atoms. The average Bonchev–Trinajstić information content (AvgIpc) is 2.88. The molecule has 0 radical (unpaired) electrons. The smallest absolute Gasteiger partial charge is 0.141 e. The van der Waals surface area contributed by atoms with E-state index < -0.39 is 0 Å². The predicted octanol–water partition coefficient (Wildman–Crippen LogP) is 3.01. The van der Waals surface area contributed by atoms with Crippen LogP contribution in [0.4, 0.5) is 0 Å². The molecular formula is C17H20N4. The van der Waals surface area contributed by atoms with E-state index in [1.807, 2.05) is 18.5 Å². The number of imidazole rings is 1. The number of nitrogens with zero attached hydrogens (tertiary/aromatic N) is 3. The van der Waals surface area contributed by atoms with E-state index in [1.165, 1.54) is 11.1 Å². The van der Waals surface area contributed by atoms with Crippen molar-refractivity contribution in [2.45, 2.75) is 26.3 Å². The summed E-state index contributed by atoms with van der Waals surface area (Å²) in [5.41, 5.74) is 10.3. The van der Waals surface area contributed by atoms with Crippen LogP contribution in [-0.2, 0) is 13.0 Å². The van der Waals surface area contributed by atoms with E-state index in [2.05, 4.69) is 40.7 Å². The lowest BCUT2D eigenvalue weighted by Gasteiger charge is -2.11. The van der Waals surface area contributed by atoms with Crippen LogP contribution in [0.3, 0.4) is 0 Å². The Labute approximate surface area is 124 Å². The minimum Gasteiger partial charge on any atom is -0.330 e. The molecule has 0 aliphatic rings. The zero-order valence-electron chi connectivity index (χ0n) is 12.3. The maximum atomic E-state index is 5.74. The molecule has 2 N–H and O–H groups in total. The summed E-state index contributed by atoms with van der Waals surface area (Å²) < 4.78 is 2.28. The van der Waals surface area contributed by atoms with Crippen molar-refractivity contribution in [1.82, 2.24) is 14.5 Å². The van der Waals surface area contributed by atoms with Gasteiger partial charge >= 0.3 is 0 Å². The number of nitrogens with two attached hydrogens (primary N) is 1. The van der Waals surface area contributed by atoms with Crippen molar-refractivity contribution in [2.24, 2.45) is 5.73 Å². The molecule has 0 saturated heterocycles. The molecule has 3 aromatic rings. The van der Waals surface area contributed by atoms with Crippen LogP contribution in [0.1, 0.15) is 18.9 Å². The van der Waals surface area contributed by atoms with Crippen LogP contribution in [0, 0.1) is 0 Å². The topological polar surface area (TPSA) is 56.7 Å². The summed E-state index contributed by atoms with van der Waals surface area (Å²) in [6.07, 6.45) is 5.59. The van der Waals surface area contributed by atoms with Gasteiger partial charge in [0, 0.05) is 18.3 Å². The zero-order chi connectivity index (χ0) is 14.7. The van der Waals surface area contributed by atoms with Gasteiger partial charge in [-0.1, -0.05) is 31.2 Å². The molecule has 21 heavy (non-hydrogen) atoms. The van der Waals surface area contributed by atoms with Crippen LogP contribution in [0.25, 0.3) is 22.4 Å². The van der Waals surface area contributed by atoms with Gasteiger partial charge in [0.25, 0.3) is 0 Å². The number of aryl methyl sites for hydroxylation is 1. The average molecular weight is 280 g/mol. The zero-order valence-corrected chi connectivity index (χ0v) is 12.3. The van der Waals surface area contributed by atoms with Crippen LogP contribution in [0.15, 0.2) is 42.7 Å². The first kappa shape index (κ1) is 13.8. The summed E-state index contributed by atoms with van der Waals surface area (Å²) in [5.74, 6) is 1.02. The van der Waals surface area contributed by atoms with Crippen molar-refractivity contribution in [3.63, 3.8) is 0 Å². The van der Waals surface area contributed by atoms with E-state index in [4.69, 9.17) is 10.7 Å². The number of hydrogen-bond donors (Lipinski definition) is 1. The van der Waals surface area contributed by atoms with Gasteiger partial charge in [0.05, 0.1) is 11.7 Å². The first-order valence-electron chi connectivity index (χ1n) is 7.43. The first-order valence-corrected chi connectivity index (χ1v) is 7.43. The molecule has 4 heteroatoms. The molecular weight excluding hydrogens is 260 g/mol. The molecule has 2 aromatic heterocycles. The van der Waals surface area contributed by atoms with Crippen molar-refractivity contribution >= 4 is 11.0 Å². The lowest BCUT2D eigenvalue weighted by atomic mass is 10.0. The third kappa shape index (κ3) is 2.54. The Morgan fingerprint density at radius 3 is 2.86 bits per heavy atom. The van der Waals surface area contributed by atoms with Gasteiger partial charge in [0.1, 0.15) is 11.3 Å². The lowest BCUT2D eigenvalue weighted by molar-refractivity contribution is 0.703. The molecule has 3 rings (SSSR count). The fourth-order valence-electron chi connectivity index (χ4n) is 2.75. The van der Waals surface area contributed by atoms with Crippen molar-refractivity contribution in [1.29, 1.82) is 0 Å². The molecule has 4 nitrogen and oxygen atoms in total. The van der Waals surface area contributed by atoms with Gasteiger partial charge in [-0.2, -0.15) is 0 Å². The summed E-state index contributed by atoms with van der Waals surface area (Å²) in [6.45, 7) is 3.78. The highest BCUT2D eigenvalue weighted by Crippen LogP contribution is 2.27. The summed E-state index contributed by atoms with van der Waals surface area (Å²) in [4.78, 5) is 8.99. The van der Waals surface area contributed by atoms with Crippen LogP contribution in [-0.4, -0.2) is 21.1 Å². The SMILES string of the molecule is CCCn1c(-c2ccccc2CCN)nc2cnccc21. The Morgan fingerprint density at radius 2 is 2.05 bits per heavy atom. The summed E-state index contributed by atoms with van der Waals surface area (Å²) in [7, 11) is 0. The fraction of sp³-hybridized carbons (Fsp3) is 0.294. The second kappa shape index (κ2) is 6.06. The molecule has 0 bridgehead atoms. The molecule has 0 unspecified atom stereocenters. The Balaban J connectivity index is 2.22. The molecule has 1 aromatic carbocycles. The van der Waals surface area contributed by atoms with Gasteiger partial charge < -0.3 is 10.3 Å². The van der Waals surface area contributed by atoms with E-state index in [1.54, 1.807) is 0 Å². The van der Waals surface area contributed by atoms with Gasteiger partial charge in [-0.3, -0.25) is 4.98 Å². The van der Waals surface area contributed by atoms with Gasteiger partial charge in [0.2, 0.25) is 0 Å². The highest BCUT2D eigenvalue weighted by molar-refractivity contribution is 5.80. The molecule has 0 amide bonds. The van der Waals surface area contributed by atoms with E-state index in [9.17, 15) is 0 Å². The van der Waals surface area contributed by atoms with E-state index in [-0.39, 0.29) is 0 Å². The second-order valence-corrected chi connectivity index (χ2v) is 5.15. The highest BCUT2D eigenvalue weighted by atomic mass is 15.1. The summed E-state index contributed by atoms with van der Waals surface area (Å²) >= 11 is 0. The summed E-state index contributed by atoms with van der Waals surface area (Å²) in [5, 5.41) is 0. The largest absolute Gasteiger partial charge is 0.330 e. The quantitative estimate of drug-likeness (QED) is 0.781. The molecule has 0 saturated carbocycles. The molecule has 2 heterocycles. The lowest BCUT2D eigenvalue weighted by Crippen LogP contribution is -2.06. The predicted molar refractivity (Wildman–Crippen MR) is 86.0 cm³/mol. The minimum atomic E-state index is 0.645. The van der Waals surface area contributed by atoms with E-state index in [0.29, 0.717) is 6.54 Å². The standard InChI is InChI=1S/C17H20N4/c1-2-11-21-16-8-10-19-12-15(16)20-17(21)14-6-4-3-5-13(14)7-9-18/h3-6,8,10,12H,2,7,9,11,18H2,1H3. The van der Waals surface area contributed by atoms with Crippen LogP contribution < -0.4 is 5.73 Å². The number of pyridine rings is 1. The number of fused-ring (bicyclic) bond motifs is 1. The maximum Gasteiger partial charge on any atom is 0.141 e. The van der Waals surface area contributed by atoms with Gasteiger partial charge in [-0.15, -0.1) is 0 Å². The number of benzene rings is 1. The molecule has 0 aliphatic carbocycles. The van der Waals surface area contributed by atoms with E-state index >= 15 is 0 Å². The van der Waals surface area contributed by atoms with Crippen LogP contribution >= 0.6 is 0 Å². The number of hydrogen-bond acceptors (Lipinski definition) is 3. The van der Waals surface area contributed by atoms with Gasteiger partial charge in [-0.25, -0.2) is 4.98 Å². The third-order valence-electron chi connectivity index (χ3n) is 3.67. The number of aromatic nitrogens is 3. The Hall–Kier alpha value is -2.20. The Kier molecular flexibility index (Phi) is 3.97. The monoisotopic (exact) mass is 280 g/mol. The van der Waals surface area contributed by atoms with Crippen LogP contribution in [0.2, 0.25) is 0 Å². The number of rotatable bonds is 5. The highest BCUT2D eigenvalue weighted by Gasteiger charge is 2.14. The molecule has 0 fully saturated rings. The van der Waals surface area contributed by atoms with Gasteiger partial charge in [-0.05, 0) is 31.0 Å². The molecule has 0 aliphatic heterocycles. The molecule has 108 valence electrons. The second-order valence-electron chi connectivity index (χ2n) is 5.15. The van der Waals surface area contributed by atoms with Gasteiger partial charge in [0.15, 0.2) is 0 Å². The van der Waals surface area contributed by atoms with Crippen molar-refractivity contribution in [3.8, 4) is 11.4 Å². The van der Waals surface area contributed by atoms with Crippen LogP contribution in [0.5, 0.6) is 0 Å². The van der Waals surface area contributed by atoms with Crippen molar-refractivity contribution < 1.29 is 0 Å². The van der Waals surface area contributed by atoms with Crippen molar-refractivity contribution in [3.05, 3.63) is 48.3 Å². The molecule has 0 atom stereocenters. The minimum absolute atomic E-state index is 0.645. The van der Waals surface area contributed by atoms with E-state index in [0.717, 1.165) is 36.2 Å². The van der Waals surface area contributed by atoms with Crippen molar-refractivity contribution in [2.75, 3.05) is 6.54 Å². The summed E-state index contributed by atoms with van der Waals surface area (Å²) in [6, 6.07) is 10.4. The maximum absolute atomic E-state index is 5.74. The Morgan fingerprint density at radius 1 is 1.19 bits per heavy atom. The Bertz CT molecular complexity index is 745. The first-order chi connectivity index (χ1) is 10.3. The fourth-order valence-corrected chi connectivity index (χ4v) is 2.75. The third-order valence-corrected chi connectivity index (χ3v) is 3.67.